The van der Waals surface area contributed by atoms with E-state index in [1.807, 2.05) is 44.4 Å². The van der Waals surface area contributed by atoms with Crippen LogP contribution in [0.1, 0.15) is 19.8 Å². The van der Waals surface area contributed by atoms with Crippen LogP contribution in [0.5, 0.6) is 5.75 Å². The molecular weight excluding hydrogens is 540 g/mol. The predicted octanol–water partition coefficient (Wildman–Crippen LogP) is 5.02. The summed E-state index contributed by atoms with van der Waals surface area (Å²) in [6, 6.07) is 14.6. The van der Waals surface area contributed by atoms with Crippen molar-refractivity contribution in [1.29, 1.82) is 0 Å². The monoisotopic (exact) mass is 582 g/mol. The van der Waals surface area contributed by atoms with E-state index in [-0.39, 0.29) is 5.91 Å². The van der Waals surface area contributed by atoms with Gasteiger partial charge in [-0.05, 0) is 56.8 Å². The molecule has 2 aromatic carbocycles. The number of carbonyl (C=O) groups is 1. The average Bonchev–Trinajstić information content (AvgIpc) is 3.37. The van der Waals surface area contributed by atoms with Crippen LogP contribution in [0.15, 0.2) is 67.5 Å². The van der Waals surface area contributed by atoms with Crippen molar-refractivity contribution in [2.75, 3.05) is 62.4 Å². The number of nitrogens with zero attached hydrogens (tertiary/aromatic N) is 5. The summed E-state index contributed by atoms with van der Waals surface area (Å²) in [6.45, 7) is 10.7. The summed E-state index contributed by atoms with van der Waals surface area (Å²) >= 11 is 0. The molecule has 3 N–H and O–H groups in total. The van der Waals surface area contributed by atoms with E-state index in [0.717, 1.165) is 73.4 Å². The van der Waals surface area contributed by atoms with Crippen LogP contribution in [0.3, 0.4) is 0 Å². The van der Waals surface area contributed by atoms with Crippen molar-refractivity contribution < 1.29 is 9.53 Å². The van der Waals surface area contributed by atoms with Gasteiger partial charge in [0, 0.05) is 68.2 Å². The maximum absolute atomic E-state index is 12.4. The Morgan fingerprint density at radius 3 is 2.72 bits per heavy atom. The molecule has 0 saturated carbocycles. The molecule has 4 aromatic rings. The lowest BCUT2D eigenvalue weighted by atomic mass is 10.1. The molecule has 3 heterocycles. The first-order chi connectivity index (χ1) is 20.9. The van der Waals surface area contributed by atoms with E-state index < -0.39 is 0 Å². The van der Waals surface area contributed by atoms with Gasteiger partial charge in [0.05, 0.1) is 29.9 Å². The summed E-state index contributed by atoms with van der Waals surface area (Å²) in [5.41, 5.74) is 5.10. The number of nitrogens with one attached hydrogen (secondary N) is 3. The Morgan fingerprint density at radius 1 is 1.19 bits per heavy atom. The zero-order chi connectivity index (χ0) is 30.3. The van der Waals surface area contributed by atoms with E-state index in [0.29, 0.717) is 29.1 Å². The average molecular weight is 583 g/mol. The Kier molecular flexibility index (Phi) is 9.58. The SMILES string of the molecule is C=CC(=O)Nc1cc(Nc2nccc(-c3cn(C)c4ccccc34)n2)c(OC)cc1N(C)CCN1CCC(NCC)CC1. The number of likely N-dealkylation sites (tertiary alicyclic amines) is 1. The van der Waals surface area contributed by atoms with Crippen LogP contribution in [0, 0.1) is 0 Å². The van der Waals surface area contributed by atoms with Gasteiger partial charge in [-0.1, -0.05) is 31.7 Å². The standard InChI is InChI=1S/C33H42N8O2/c1-6-32(42)36-27-20-28(31(43-5)21-30(27)39(3)18-19-41-16-13-23(14-17-41)34-7-2)38-33-35-15-12-26(37-33)25-22-40(4)29-11-9-8-10-24(25)29/h6,8-12,15,20-23,34H,1,7,13-14,16-19H2,2-5H3,(H,36,42)(H,35,37,38). The van der Waals surface area contributed by atoms with Crippen LogP contribution in [0.2, 0.25) is 0 Å². The Balaban J connectivity index is 1.38. The fraction of sp³-hybridized carbons (Fsp3) is 0.364. The van der Waals surface area contributed by atoms with Gasteiger partial charge < -0.3 is 35.1 Å². The molecule has 1 amide bonds. The number of aryl methyl sites for hydroxylation is 1. The van der Waals surface area contributed by atoms with Crippen LogP contribution in [-0.4, -0.2) is 78.3 Å². The summed E-state index contributed by atoms with van der Waals surface area (Å²) in [5.74, 6) is 0.751. The normalized spacial score (nSPS) is 14.0. The van der Waals surface area contributed by atoms with Crippen molar-refractivity contribution in [2.45, 2.75) is 25.8 Å². The topological polar surface area (TPSA) is 99.6 Å². The third kappa shape index (κ3) is 6.98. The van der Waals surface area contributed by atoms with Crippen LogP contribution < -0.4 is 25.6 Å². The third-order valence-electron chi connectivity index (χ3n) is 8.08. The van der Waals surface area contributed by atoms with Crippen molar-refractivity contribution in [3.8, 4) is 17.0 Å². The molecule has 10 heteroatoms. The van der Waals surface area contributed by atoms with Crippen LogP contribution in [-0.2, 0) is 11.8 Å². The molecule has 1 saturated heterocycles. The van der Waals surface area contributed by atoms with E-state index in [4.69, 9.17) is 9.72 Å². The highest BCUT2D eigenvalue weighted by molar-refractivity contribution is 6.02. The molecule has 0 bridgehead atoms. The number of anilines is 4. The molecule has 0 radical (unpaired) electrons. The molecule has 43 heavy (non-hydrogen) atoms. The number of benzene rings is 2. The maximum Gasteiger partial charge on any atom is 0.247 e. The Hall–Kier alpha value is -4.41. The van der Waals surface area contributed by atoms with E-state index in [1.165, 1.54) is 6.08 Å². The van der Waals surface area contributed by atoms with E-state index in [1.54, 1.807) is 13.3 Å². The van der Waals surface area contributed by atoms with Gasteiger partial charge in [0.1, 0.15) is 5.75 Å². The second-order valence-corrected chi connectivity index (χ2v) is 10.9. The van der Waals surface area contributed by atoms with Gasteiger partial charge >= 0.3 is 0 Å². The molecule has 0 unspecified atom stereocenters. The minimum absolute atomic E-state index is 0.287. The van der Waals surface area contributed by atoms with Gasteiger partial charge in [0.25, 0.3) is 0 Å². The fourth-order valence-corrected chi connectivity index (χ4v) is 5.73. The van der Waals surface area contributed by atoms with Crippen molar-refractivity contribution in [2.24, 2.45) is 7.05 Å². The molecule has 0 aliphatic carbocycles. The van der Waals surface area contributed by atoms with Gasteiger partial charge in [0.2, 0.25) is 11.9 Å². The first-order valence-corrected chi connectivity index (χ1v) is 14.9. The van der Waals surface area contributed by atoms with E-state index >= 15 is 0 Å². The molecule has 0 atom stereocenters. The highest BCUT2D eigenvalue weighted by atomic mass is 16.5. The Bertz CT molecular complexity index is 1570. The second kappa shape index (κ2) is 13.7. The minimum Gasteiger partial charge on any atom is -0.494 e. The number of piperidine rings is 1. The lowest BCUT2D eigenvalue weighted by molar-refractivity contribution is -0.111. The Labute approximate surface area is 253 Å². The van der Waals surface area contributed by atoms with Crippen molar-refractivity contribution in [3.05, 3.63) is 67.5 Å². The molecule has 5 rings (SSSR count). The zero-order valence-electron chi connectivity index (χ0n) is 25.6. The third-order valence-corrected chi connectivity index (χ3v) is 8.08. The smallest absolute Gasteiger partial charge is 0.247 e. The minimum atomic E-state index is -0.287. The van der Waals surface area contributed by atoms with Crippen molar-refractivity contribution in [1.82, 2.24) is 24.8 Å². The predicted molar refractivity (Wildman–Crippen MR) is 175 cm³/mol. The summed E-state index contributed by atoms with van der Waals surface area (Å²) in [5, 5.41) is 11.0. The lowest BCUT2D eigenvalue weighted by Crippen LogP contribution is -2.44. The number of rotatable bonds is 12. The number of amides is 1. The molecular formula is C33H42N8O2. The van der Waals surface area contributed by atoms with Gasteiger partial charge in [-0.3, -0.25) is 4.79 Å². The summed E-state index contributed by atoms with van der Waals surface area (Å²) in [7, 11) is 5.70. The van der Waals surface area contributed by atoms with Crippen molar-refractivity contribution >= 4 is 39.8 Å². The number of hydrogen-bond donors (Lipinski definition) is 3. The van der Waals surface area contributed by atoms with Crippen molar-refractivity contribution in [3.63, 3.8) is 0 Å². The summed E-state index contributed by atoms with van der Waals surface area (Å²) < 4.78 is 7.90. The molecule has 2 aromatic heterocycles. The highest BCUT2D eigenvalue weighted by Gasteiger charge is 2.20. The first-order valence-electron chi connectivity index (χ1n) is 14.9. The van der Waals surface area contributed by atoms with E-state index in [9.17, 15) is 4.79 Å². The summed E-state index contributed by atoms with van der Waals surface area (Å²) in [6.07, 6.45) is 7.41. The summed E-state index contributed by atoms with van der Waals surface area (Å²) in [4.78, 5) is 26.4. The van der Waals surface area contributed by atoms with E-state index in [2.05, 4.69) is 67.1 Å². The number of hydrogen-bond acceptors (Lipinski definition) is 8. The number of fused-ring (bicyclic) bond motifs is 1. The van der Waals surface area contributed by atoms with Crippen LogP contribution in [0.25, 0.3) is 22.2 Å². The van der Waals surface area contributed by atoms with Gasteiger partial charge in [0.15, 0.2) is 0 Å². The number of ether oxygens (including phenoxy) is 1. The van der Waals surface area contributed by atoms with Gasteiger partial charge in [-0.15, -0.1) is 0 Å². The molecule has 1 aliphatic rings. The molecule has 0 spiro atoms. The molecule has 226 valence electrons. The number of para-hydroxylation sites is 1. The maximum atomic E-state index is 12.4. The highest BCUT2D eigenvalue weighted by Crippen LogP contribution is 2.38. The number of likely N-dealkylation sites (N-methyl/N-ethyl adjacent to an activating group) is 1. The second-order valence-electron chi connectivity index (χ2n) is 10.9. The molecule has 1 fully saturated rings. The lowest BCUT2D eigenvalue weighted by Gasteiger charge is -2.34. The van der Waals surface area contributed by atoms with Crippen LogP contribution >= 0.6 is 0 Å². The van der Waals surface area contributed by atoms with Gasteiger partial charge in [-0.25, -0.2) is 9.97 Å². The Morgan fingerprint density at radius 2 is 1.98 bits per heavy atom. The first kappa shape index (κ1) is 30.1. The molecule has 10 nitrogen and oxygen atoms in total. The largest absolute Gasteiger partial charge is 0.494 e. The number of aromatic nitrogens is 3. The van der Waals surface area contributed by atoms with Gasteiger partial charge in [-0.2, -0.15) is 0 Å². The van der Waals surface area contributed by atoms with Crippen LogP contribution in [0.4, 0.5) is 23.0 Å². The zero-order valence-corrected chi connectivity index (χ0v) is 25.6. The fourth-order valence-electron chi connectivity index (χ4n) is 5.73. The number of carbonyl (C=O) groups excluding carboxylic acids is 1. The quantitative estimate of drug-likeness (QED) is 0.200. The molecule has 1 aliphatic heterocycles. The number of methoxy groups -OCH3 is 1.